The fraction of sp³-hybridized carbons (Fsp3) is 0.150. The number of anilines is 1. The van der Waals surface area contributed by atoms with Gasteiger partial charge in [-0.3, -0.25) is 9.59 Å². The van der Waals surface area contributed by atoms with Crippen molar-refractivity contribution in [2.75, 3.05) is 11.1 Å². The Bertz CT molecular complexity index is 971. The lowest BCUT2D eigenvalue weighted by atomic mass is 10.1. The largest absolute Gasteiger partial charge is 0.360 e. The molecule has 0 saturated heterocycles. The molecule has 136 valence electrons. The Kier molecular flexibility index (Phi) is 4.93. The van der Waals surface area contributed by atoms with Crippen LogP contribution in [0.25, 0.3) is 0 Å². The first-order chi connectivity index (χ1) is 13.2. The number of fused-ring (bicyclic) bond motifs is 1. The second-order valence-electron chi connectivity index (χ2n) is 6.16. The summed E-state index contributed by atoms with van der Waals surface area (Å²) >= 11 is 1.52. The summed E-state index contributed by atoms with van der Waals surface area (Å²) in [6, 6.07) is 18.3. The predicted molar refractivity (Wildman–Crippen MR) is 103 cm³/mol. The van der Waals surface area contributed by atoms with Crippen molar-refractivity contribution in [1.29, 1.82) is 0 Å². The Balaban J connectivity index is 1.41. The van der Waals surface area contributed by atoms with Gasteiger partial charge in [0.25, 0.3) is 5.91 Å². The number of amides is 2. The number of hydrogen-bond donors (Lipinski definition) is 2. The normalized spacial score (nSPS) is 16.1. The Morgan fingerprint density at radius 3 is 2.81 bits per heavy atom. The molecule has 0 bridgehead atoms. The van der Waals surface area contributed by atoms with Gasteiger partial charge in [-0.15, -0.1) is 11.8 Å². The van der Waals surface area contributed by atoms with Crippen LogP contribution in [0.2, 0.25) is 0 Å². The lowest BCUT2D eigenvalue weighted by Crippen LogP contribution is -2.44. The van der Waals surface area contributed by atoms with Crippen LogP contribution in [0.5, 0.6) is 0 Å². The van der Waals surface area contributed by atoms with Crippen LogP contribution in [-0.2, 0) is 11.2 Å². The standard InChI is InChI=1S/C20H17N3O3S/c24-19(16-11-14(26-23-16)10-13-6-2-1-3-7-13)22-17-12-27-18-9-5-4-8-15(18)21-20(17)25/h1-9,11,17H,10,12H2,(H,21,25)(H,22,24)/t17-/m0/s1. The average molecular weight is 379 g/mol. The molecule has 2 aromatic carbocycles. The monoisotopic (exact) mass is 379 g/mol. The van der Waals surface area contributed by atoms with Gasteiger partial charge in [0.1, 0.15) is 11.8 Å². The van der Waals surface area contributed by atoms with Crippen LogP contribution < -0.4 is 10.6 Å². The number of rotatable bonds is 4. The lowest BCUT2D eigenvalue weighted by molar-refractivity contribution is -0.117. The summed E-state index contributed by atoms with van der Waals surface area (Å²) in [4.78, 5) is 25.9. The summed E-state index contributed by atoms with van der Waals surface area (Å²) in [7, 11) is 0. The third-order valence-corrected chi connectivity index (χ3v) is 5.35. The van der Waals surface area contributed by atoms with Gasteiger partial charge >= 0.3 is 0 Å². The highest BCUT2D eigenvalue weighted by molar-refractivity contribution is 7.99. The van der Waals surface area contributed by atoms with Gasteiger partial charge in [-0.05, 0) is 17.7 Å². The van der Waals surface area contributed by atoms with Gasteiger partial charge in [0.05, 0.1) is 5.69 Å². The molecule has 0 radical (unpaired) electrons. The lowest BCUT2D eigenvalue weighted by Gasteiger charge is -2.13. The number of nitrogens with zero attached hydrogens (tertiary/aromatic N) is 1. The quantitative estimate of drug-likeness (QED) is 0.728. The molecule has 0 unspecified atom stereocenters. The smallest absolute Gasteiger partial charge is 0.274 e. The topological polar surface area (TPSA) is 84.2 Å². The van der Waals surface area contributed by atoms with E-state index in [2.05, 4.69) is 15.8 Å². The molecular formula is C20H17N3O3S. The van der Waals surface area contributed by atoms with Crippen molar-refractivity contribution < 1.29 is 14.1 Å². The molecule has 6 nitrogen and oxygen atoms in total. The molecule has 0 saturated carbocycles. The van der Waals surface area contributed by atoms with E-state index in [1.54, 1.807) is 6.07 Å². The van der Waals surface area contributed by atoms with E-state index in [1.165, 1.54) is 11.8 Å². The fourth-order valence-corrected chi connectivity index (χ4v) is 3.83. The molecule has 1 aromatic heterocycles. The zero-order chi connectivity index (χ0) is 18.6. The molecule has 2 N–H and O–H groups in total. The summed E-state index contributed by atoms with van der Waals surface area (Å²) in [5.41, 5.74) is 1.99. The maximum Gasteiger partial charge on any atom is 0.274 e. The SMILES string of the molecule is O=C(N[C@H]1CSc2ccccc2NC1=O)c1cc(Cc2ccccc2)on1. The Morgan fingerprint density at radius 2 is 1.96 bits per heavy atom. The van der Waals surface area contributed by atoms with Crippen molar-refractivity contribution in [1.82, 2.24) is 10.5 Å². The van der Waals surface area contributed by atoms with Crippen molar-refractivity contribution >= 4 is 29.3 Å². The van der Waals surface area contributed by atoms with Crippen molar-refractivity contribution in [3.63, 3.8) is 0 Å². The van der Waals surface area contributed by atoms with E-state index < -0.39 is 11.9 Å². The molecule has 4 rings (SSSR count). The molecular weight excluding hydrogens is 362 g/mol. The third kappa shape index (κ3) is 4.03. The molecule has 7 heteroatoms. The average Bonchev–Trinajstić information content (AvgIpc) is 3.09. The molecule has 0 spiro atoms. The first kappa shape index (κ1) is 17.4. The van der Waals surface area contributed by atoms with Crippen LogP contribution in [0.15, 0.2) is 70.1 Å². The predicted octanol–water partition coefficient (Wildman–Crippen LogP) is 3.11. The van der Waals surface area contributed by atoms with E-state index in [0.717, 1.165) is 16.1 Å². The number of thioether (sulfide) groups is 1. The van der Waals surface area contributed by atoms with Crippen molar-refractivity contribution in [3.8, 4) is 0 Å². The molecule has 1 aliphatic heterocycles. The summed E-state index contributed by atoms with van der Waals surface area (Å²) in [5, 5.41) is 9.43. The van der Waals surface area contributed by atoms with Crippen LogP contribution in [0.4, 0.5) is 5.69 Å². The van der Waals surface area contributed by atoms with E-state index >= 15 is 0 Å². The van der Waals surface area contributed by atoms with Crippen LogP contribution in [-0.4, -0.2) is 28.8 Å². The molecule has 1 aliphatic rings. The number of carbonyl (C=O) groups excluding carboxylic acids is 2. The summed E-state index contributed by atoms with van der Waals surface area (Å²) in [5.74, 6) is 0.376. The van der Waals surface area contributed by atoms with E-state index in [9.17, 15) is 9.59 Å². The van der Waals surface area contributed by atoms with Gasteiger partial charge in [-0.1, -0.05) is 47.6 Å². The highest BCUT2D eigenvalue weighted by Crippen LogP contribution is 2.30. The third-order valence-electron chi connectivity index (χ3n) is 4.19. The molecule has 1 atom stereocenters. The molecule has 0 fully saturated rings. The number of aromatic nitrogens is 1. The van der Waals surface area contributed by atoms with Crippen LogP contribution in [0, 0.1) is 0 Å². The number of carbonyl (C=O) groups is 2. The summed E-state index contributed by atoms with van der Waals surface area (Å²) < 4.78 is 5.26. The van der Waals surface area contributed by atoms with Gasteiger partial charge in [-0.2, -0.15) is 0 Å². The second kappa shape index (κ2) is 7.67. The van der Waals surface area contributed by atoms with E-state index in [-0.39, 0.29) is 11.6 Å². The summed E-state index contributed by atoms with van der Waals surface area (Å²) in [6.07, 6.45) is 0.552. The van der Waals surface area contributed by atoms with Crippen molar-refractivity contribution in [2.45, 2.75) is 17.4 Å². The van der Waals surface area contributed by atoms with Gasteiger partial charge in [0.15, 0.2) is 5.69 Å². The minimum Gasteiger partial charge on any atom is -0.360 e. The number of benzene rings is 2. The van der Waals surface area contributed by atoms with E-state index in [1.807, 2.05) is 54.6 Å². The Morgan fingerprint density at radius 1 is 1.19 bits per heavy atom. The van der Waals surface area contributed by atoms with E-state index in [0.29, 0.717) is 17.9 Å². The molecule has 0 aliphatic carbocycles. The maximum atomic E-state index is 12.5. The zero-order valence-corrected chi connectivity index (χ0v) is 15.2. The minimum absolute atomic E-state index is 0.167. The van der Waals surface area contributed by atoms with Crippen LogP contribution >= 0.6 is 11.8 Å². The first-order valence-electron chi connectivity index (χ1n) is 8.52. The minimum atomic E-state index is -0.649. The van der Waals surface area contributed by atoms with Crippen LogP contribution in [0.3, 0.4) is 0 Å². The first-order valence-corrected chi connectivity index (χ1v) is 9.51. The second-order valence-corrected chi connectivity index (χ2v) is 7.23. The van der Waals surface area contributed by atoms with Crippen molar-refractivity contribution in [3.05, 3.63) is 77.7 Å². The van der Waals surface area contributed by atoms with E-state index in [4.69, 9.17) is 4.52 Å². The summed E-state index contributed by atoms with van der Waals surface area (Å²) in [6.45, 7) is 0. The highest BCUT2D eigenvalue weighted by atomic mass is 32.2. The maximum absolute atomic E-state index is 12.5. The highest BCUT2D eigenvalue weighted by Gasteiger charge is 2.26. The van der Waals surface area contributed by atoms with Crippen molar-refractivity contribution in [2.24, 2.45) is 0 Å². The van der Waals surface area contributed by atoms with Gasteiger partial charge in [-0.25, -0.2) is 0 Å². The fourth-order valence-electron chi connectivity index (χ4n) is 2.80. The molecule has 2 heterocycles. The molecule has 27 heavy (non-hydrogen) atoms. The van der Waals surface area contributed by atoms with Gasteiger partial charge < -0.3 is 15.2 Å². The number of nitrogens with one attached hydrogen (secondary N) is 2. The zero-order valence-electron chi connectivity index (χ0n) is 14.3. The Hall–Kier alpha value is -3.06. The Labute approximate surface area is 160 Å². The molecule has 2 amide bonds. The molecule has 3 aromatic rings. The van der Waals surface area contributed by atoms with Gasteiger partial charge in [0.2, 0.25) is 5.91 Å². The van der Waals surface area contributed by atoms with Crippen LogP contribution in [0.1, 0.15) is 21.8 Å². The van der Waals surface area contributed by atoms with Gasteiger partial charge in [0, 0.05) is 23.1 Å². The number of hydrogen-bond acceptors (Lipinski definition) is 5. The number of para-hydroxylation sites is 1.